The Morgan fingerprint density at radius 3 is 2.70 bits per heavy atom. The number of fused-ring (bicyclic) bond motifs is 2. The van der Waals surface area contributed by atoms with Crippen LogP contribution in [0.25, 0.3) is 0 Å². The van der Waals surface area contributed by atoms with Crippen molar-refractivity contribution in [1.29, 1.82) is 0 Å². The summed E-state index contributed by atoms with van der Waals surface area (Å²) >= 11 is 2.51. The third-order valence-corrected chi connectivity index (χ3v) is 11.9. The summed E-state index contributed by atoms with van der Waals surface area (Å²) in [4.78, 5) is 2.69. The van der Waals surface area contributed by atoms with Crippen molar-refractivity contribution in [3.63, 3.8) is 0 Å². The summed E-state index contributed by atoms with van der Waals surface area (Å²) in [6.07, 6.45) is 3.55. The first-order valence-electron chi connectivity index (χ1n) is 8.54. The van der Waals surface area contributed by atoms with E-state index in [0.29, 0.717) is 5.75 Å². The maximum atomic E-state index is 12.0. The first-order valence-corrected chi connectivity index (χ1v) is 13.3. The molecule has 9 heteroatoms. The zero-order valence-electron chi connectivity index (χ0n) is 13.3. The van der Waals surface area contributed by atoms with Crippen LogP contribution in [0.15, 0.2) is 0 Å². The molecule has 0 N–H and O–H groups in total. The average Bonchev–Trinajstić information content (AvgIpc) is 2.82. The topological polar surface area (TPSA) is 47.1 Å². The number of alkyl halides is 1. The molecule has 4 rings (SSSR count). The molecule has 0 aliphatic carbocycles. The average molecular weight is 567 g/mol. The van der Waals surface area contributed by atoms with E-state index in [-0.39, 0.29) is 27.5 Å². The molecule has 3 unspecified atom stereocenters. The number of rotatable bonds is 2. The number of hydrogen-bond acceptors (Lipinski definition) is 5. The van der Waals surface area contributed by atoms with Crippen molar-refractivity contribution in [2.24, 2.45) is 0 Å². The Balaban J connectivity index is 1.31. The van der Waals surface area contributed by atoms with Crippen molar-refractivity contribution in [2.45, 2.75) is 35.3 Å². The molecule has 0 aromatic carbocycles. The van der Waals surface area contributed by atoms with Crippen molar-refractivity contribution >= 4 is 32.9 Å². The van der Waals surface area contributed by atoms with Crippen molar-refractivity contribution < 1.29 is 29.9 Å². The third-order valence-electron chi connectivity index (χ3n) is 5.53. The second-order valence-electron chi connectivity index (χ2n) is 7.02. The van der Waals surface area contributed by atoms with Gasteiger partial charge in [-0.2, -0.15) is 0 Å². The van der Waals surface area contributed by atoms with Gasteiger partial charge in [-0.1, -0.05) is 0 Å². The molecular formula is C14H25I2N4O2S-. The molecule has 134 valence electrons. The van der Waals surface area contributed by atoms with E-state index >= 15 is 0 Å². The van der Waals surface area contributed by atoms with Crippen molar-refractivity contribution in [3.8, 4) is 0 Å². The molecule has 0 aromatic heterocycles. The third kappa shape index (κ3) is 3.85. The molecule has 0 radical (unpaired) electrons. The van der Waals surface area contributed by atoms with Gasteiger partial charge in [0.05, 0.1) is 0 Å². The van der Waals surface area contributed by atoms with E-state index in [9.17, 15) is 8.42 Å². The van der Waals surface area contributed by atoms with E-state index in [1.165, 1.54) is 39.0 Å². The Hall–Kier alpha value is 1.25. The van der Waals surface area contributed by atoms with Crippen molar-refractivity contribution in [1.82, 2.24) is 15.4 Å². The van der Waals surface area contributed by atoms with Gasteiger partial charge in [0.25, 0.3) is 0 Å². The summed E-state index contributed by atoms with van der Waals surface area (Å²) in [7, 11) is -2.92. The Labute approximate surface area is 164 Å². The predicted molar refractivity (Wildman–Crippen MR) is 94.4 cm³/mol. The monoisotopic (exact) mass is 567 g/mol. The SMILES string of the molecule is O=S1(=O)CCC2CN([I-]C3CCN4CCN(I)CC4C3)CCN21. The minimum atomic E-state index is -2.92. The minimum absolute atomic E-state index is 0.0419. The van der Waals surface area contributed by atoms with Crippen LogP contribution in [-0.4, -0.2) is 91.4 Å². The van der Waals surface area contributed by atoms with Gasteiger partial charge in [-0.05, 0) is 0 Å². The van der Waals surface area contributed by atoms with Crippen LogP contribution in [0.1, 0.15) is 19.3 Å². The second kappa shape index (κ2) is 7.10. The van der Waals surface area contributed by atoms with Crippen LogP contribution in [0.4, 0.5) is 0 Å². The molecule has 0 spiro atoms. The van der Waals surface area contributed by atoms with Crippen LogP contribution >= 0.6 is 22.9 Å². The van der Waals surface area contributed by atoms with Crippen LogP contribution in [0.2, 0.25) is 0 Å². The van der Waals surface area contributed by atoms with E-state index < -0.39 is 10.0 Å². The maximum absolute atomic E-state index is 12.0. The Morgan fingerprint density at radius 1 is 0.957 bits per heavy atom. The zero-order valence-corrected chi connectivity index (χ0v) is 18.4. The van der Waals surface area contributed by atoms with E-state index in [1.54, 1.807) is 4.31 Å². The molecule has 0 amide bonds. The quantitative estimate of drug-likeness (QED) is 0.205. The number of nitrogens with zero attached hydrogens (tertiary/aromatic N) is 4. The van der Waals surface area contributed by atoms with Crippen LogP contribution in [-0.2, 0) is 10.0 Å². The predicted octanol–water partition coefficient (Wildman–Crippen LogP) is -2.79. The molecular weight excluding hydrogens is 542 g/mol. The van der Waals surface area contributed by atoms with Crippen LogP contribution in [0.3, 0.4) is 0 Å². The van der Waals surface area contributed by atoms with Gasteiger partial charge < -0.3 is 0 Å². The summed E-state index contributed by atoms with van der Waals surface area (Å²) in [5.74, 6) is 0.371. The van der Waals surface area contributed by atoms with Gasteiger partial charge in [-0.25, -0.2) is 0 Å². The first-order chi connectivity index (χ1) is 11.0. The van der Waals surface area contributed by atoms with Gasteiger partial charge in [0.1, 0.15) is 0 Å². The zero-order chi connectivity index (χ0) is 16.0. The van der Waals surface area contributed by atoms with Gasteiger partial charge in [0.2, 0.25) is 0 Å². The van der Waals surface area contributed by atoms with Crippen molar-refractivity contribution in [3.05, 3.63) is 0 Å². The van der Waals surface area contributed by atoms with E-state index in [1.807, 2.05) is 0 Å². The Kier molecular flexibility index (Phi) is 5.45. The molecule has 0 bridgehead atoms. The Bertz CT molecular complexity index is 549. The number of halogens is 2. The normalized spacial score (nSPS) is 40.1. The van der Waals surface area contributed by atoms with Gasteiger partial charge >= 0.3 is 165 Å². The Morgan fingerprint density at radius 2 is 1.83 bits per heavy atom. The second-order valence-corrected chi connectivity index (χ2v) is 14.1. The van der Waals surface area contributed by atoms with E-state index in [4.69, 9.17) is 0 Å². The number of piperazine rings is 2. The van der Waals surface area contributed by atoms with Crippen LogP contribution in [0, 0.1) is 0 Å². The van der Waals surface area contributed by atoms with Gasteiger partial charge in [0, 0.05) is 0 Å². The van der Waals surface area contributed by atoms with E-state index in [2.05, 4.69) is 34.0 Å². The van der Waals surface area contributed by atoms with Crippen molar-refractivity contribution in [2.75, 3.05) is 51.6 Å². The molecule has 4 aliphatic rings. The summed E-state index contributed by atoms with van der Waals surface area (Å²) < 4.78 is 31.7. The molecule has 0 aromatic rings. The summed E-state index contributed by atoms with van der Waals surface area (Å²) in [5.41, 5.74) is 0. The van der Waals surface area contributed by atoms with Gasteiger partial charge in [0.15, 0.2) is 0 Å². The molecule has 4 heterocycles. The fourth-order valence-corrected chi connectivity index (χ4v) is 10.4. The number of hydrogen-bond donors (Lipinski definition) is 0. The van der Waals surface area contributed by atoms with Gasteiger partial charge in [-0.15, -0.1) is 0 Å². The van der Waals surface area contributed by atoms with E-state index in [0.717, 1.165) is 36.0 Å². The van der Waals surface area contributed by atoms with Crippen LogP contribution < -0.4 is 21.5 Å². The molecule has 0 saturated carbocycles. The van der Waals surface area contributed by atoms with Gasteiger partial charge in [-0.3, -0.25) is 0 Å². The van der Waals surface area contributed by atoms with Crippen LogP contribution in [0.5, 0.6) is 0 Å². The molecule has 4 saturated heterocycles. The summed E-state index contributed by atoms with van der Waals surface area (Å²) in [6.45, 7) is 7.62. The fourth-order valence-electron chi connectivity index (χ4n) is 4.27. The number of piperidine rings is 1. The molecule has 23 heavy (non-hydrogen) atoms. The summed E-state index contributed by atoms with van der Waals surface area (Å²) in [6, 6.07) is 1.03. The first kappa shape index (κ1) is 17.7. The fraction of sp³-hybridized carbons (Fsp3) is 1.00. The standard InChI is InChI=1S/C14H25I2N4O2S/c15-18-5-4-17-3-1-12(9-14(17)10-18)16-19-6-7-20-13(11-19)2-8-23(20,21)22/h12-14H,1-11H2/q-1. The molecule has 4 fully saturated rings. The molecule has 4 aliphatic heterocycles. The summed E-state index contributed by atoms with van der Waals surface area (Å²) in [5, 5.41) is 0. The molecule has 6 nitrogen and oxygen atoms in total. The molecule has 3 atom stereocenters. The number of sulfonamides is 1.